The summed E-state index contributed by atoms with van der Waals surface area (Å²) in [5.74, 6) is 0. The summed E-state index contributed by atoms with van der Waals surface area (Å²) in [5.41, 5.74) is 2.80. The highest BCUT2D eigenvalue weighted by Crippen LogP contribution is 2.37. The molecule has 0 unspecified atom stereocenters. The number of rotatable bonds is 6. The van der Waals surface area contributed by atoms with Crippen molar-refractivity contribution in [3.05, 3.63) is 71.8 Å². The molecule has 2 aliphatic rings. The summed E-state index contributed by atoms with van der Waals surface area (Å²) in [6.07, 6.45) is 8.09. The van der Waals surface area contributed by atoms with E-state index in [1.54, 1.807) is 0 Å². The predicted molar refractivity (Wildman–Crippen MR) is 96.1 cm³/mol. The summed E-state index contributed by atoms with van der Waals surface area (Å²) in [4.78, 5) is 0. The molecule has 2 aliphatic heterocycles. The highest BCUT2D eigenvalue weighted by atomic mass is 16.6. The van der Waals surface area contributed by atoms with Crippen LogP contribution in [0.4, 0.5) is 0 Å². The first-order valence-corrected chi connectivity index (χ1v) is 9.25. The first-order chi connectivity index (χ1) is 11.9. The number of hydrogen-bond donors (Lipinski definition) is 0. The second-order valence-electron chi connectivity index (χ2n) is 7.11. The van der Waals surface area contributed by atoms with Crippen molar-refractivity contribution in [3.63, 3.8) is 0 Å². The minimum Gasteiger partial charge on any atom is -0.375 e. The third-order valence-electron chi connectivity index (χ3n) is 5.26. The van der Waals surface area contributed by atoms with Crippen LogP contribution in [0.15, 0.2) is 60.7 Å². The summed E-state index contributed by atoms with van der Waals surface area (Å²) in [6, 6.07) is 21.5. The fraction of sp³-hybridized carbons (Fsp3) is 0.455. The minimum atomic E-state index is 0.337. The molecule has 24 heavy (non-hydrogen) atoms. The van der Waals surface area contributed by atoms with Crippen molar-refractivity contribution in [3.8, 4) is 0 Å². The molecule has 2 saturated heterocycles. The van der Waals surface area contributed by atoms with Gasteiger partial charge in [-0.25, -0.2) is 0 Å². The van der Waals surface area contributed by atoms with Crippen molar-refractivity contribution in [2.24, 2.45) is 0 Å². The Labute approximate surface area is 144 Å². The van der Waals surface area contributed by atoms with Gasteiger partial charge in [-0.3, -0.25) is 0 Å². The number of fused-ring (bicyclic) bond motifs is 1. The Hall–Kier alpha value is -1.64. The van der Waals surface area contributed by atoms with Gasteiger partial charge in [-0.15, -0.1) is 0 Å². The summed E-state index contributed by atoms with van der Waals surface area (Å²) in [7, 11) is 0. The molecule has 0 aliphatic carbocycles. The van der Waals surface area contributed by atoms with Gasteiger partial charge in [-0.1, -0.05) is 60.7 Å². The lowest BCUT2D eigenvalue weighted by Crippen LogP contribution is -2.23. The van der Waals surface area contributed by atoms with Gasteiger partial charge in [0.25, 0.3) is 0 Å². The van der Waals surface area contributed by atoms with Crippen LogP contribution in [0.2, 0.25) is 0 Å². The maximum atomic E-state index is 6.48. The molecule has 0 spiro atoms. The normalized spacial score (nSPS) is 28.8. The molecule has 2 heterocycles. The van der Waals surface area contributed by atoms with Gasteiger partial charge < -0.3 is 9.47 Å². The Morgan fingerprint density at radius 2 is 1.08 bits per heavy atom. The predicted octanol–water partition coefficient (Wildman–Crippen LogP) is 4.57. The zero-order chi connectivity index (χ0) is 16.2. The van der Waals surface area contributed by atoms with Gasteiger partial charge >= 0.3 is 0 Å². The average molecular weight is 322 g/mol. The maximum Gasteiger partial charge on any atom is 0.0867 e. The summed E-state index contributed by atoms with van der Waals surface area (Å²) >= 11 is 0. The van der Waals surface area contributed by atoms with Crippen molar-refractivity contribution >= 4 is 0 Å². The molecular formula is C22H26O2. The Balaban J connectivity index is 1.32. The van der Waals surface area contributed by atoms with Crippen LogP contribution in [-0.4, -0.2) is 24.4 Å². The number of benzene rings is 2. The van der Waals surface area contributed by atoms with E-state index in [2.05, 4.69) is 60.7 Å². The monoisotopic (exact) mass is 322 g/mol. The van der Waals surface area contributed by atoms with E-state index in [1.165, 1.54) is 11.1 Å². The number of epoxide rings is 1. The highest BCUT2D eigenvalue weighted by molar-refractivity contribution is 5.15. The van der Waals surface area contributed by atoms with E-state index in [0.29, 0.717) is 24.4 Å². The fourth-order valence-corrected chi connectivity index (χ4v) is 3.81. The lowest BCUT2D eigenvalue weighted by Gasteiger charge is -2.23. The van der Waals surface area contributed by atoms with Crippen molar-refractivity contribution < 1.29 is 9.47 Å². The second kappa shape index (κ2) is 7.50. The molecule has 2 fully saturated rings. The first kappa shape index (κ1) is 15.9. The lowest BCUT2D eigenvalue weighted by atomic mass is 10.0. The highest BCUT2D eigenvalue weighted by Gasteiger charge is 2.44. The molecule has 126 valence electrons. The van der Waals surface area contributed by atoms with Gasteiger partial charge in [0.1, 0.15) is 0 Å². The average Bonchev–Trinajstić information content (AvgIpc) is 3.37. The molecule has 2 nitrogen and oxygen atoms in total. The Kier molecular flexibility index (Phi) is 4.96. The van der Waals surface area contributed by atoms with E-state index in [-0.39, 0.29) is 0 Å². The molecule has 0 amide bonds. The van der Waals surface area contributed by atoms with Crippen molar-refractivity contribution in [2.45, 2.75) is 62.9 Å². The van der Waals surface area contributed by atoms with Crippen LogP contribution in [-0.2, 0) is 22.3 Å². The van der Waals surface area contributed by atoms with Gasteiger partial charge in [0.2, 0.25) is 0 Å². The van der Waals surface area contributed by atoms with Crippen LogP contribution in [0.25, 0.3) is 0 Å². The molecule has 2 aromatic rings. The van der Waals surface area contributed by atoms with Gasteiger partial charge in [-0.05, 0) is 36.8 Å². The molecule has 0 N–H and O–H groups in total. The Morgan fingerprint density at radius 3 is 1.54 bits per heavy atom. The van der Waals surface area contributed by atoms with Crippen molar-refractivity contribution in [1.82, 2.24) is 0 Å². The minimum absolute atomic E-state index is 0.337. The van der Waals surface area contributed by atoms with Crippen LogP contribution in [0.3, 0.4) is 0 Å². The van der Waals surface area contributed by atoms with E-state index < -0.39 is 0 Å². The fourth-order valence-electron chi connectivity index (χ4n) is 3.81. The van der Waals surface area contributed by atoms with Gasteiger partial charge in [-0.2, -0.15) is 0 Å². The number of aryl methyl sites for hydroxylation is 2. The van der Waals surface area contributed by atoms with E-state index >= 15 is 0 Å². The van der Waals surface area contributed by atoms with Crippen molar-refractivity contribution in [2.75, 3.05) is 0 Å². The van der Waals surface area contributed by atoms with Gasteiger partial charge in [0.15, 0.2) is 0 Å². The van der Waals surface area contributed by atoms with Crippen LogP contribution < -0.4 is 0 Å². The largest absolute Gasteiger partial charge is 0.375 e. The quantitative estimate of drug-likeness (QED) is 0.727. The van der Waals surface area contributed by atoms with Crippen LogP contribution in [0.5, 0.6) is 0 Å². The van der Waals surface area contributed by atoms with E-state index in [0.717, 1.165) is 38.5 Å². The van der Waals surface area contributed by atoms with Crippen LogP contribution in [0, 0.1) is 0 Å². The molecule has 2 heteroatoms. The summed E-state index contributed by atoms with van der Waals surface area (Å²) in [6.45, 7) is 0. The Bertz CT molecular complexity index is 569. The van der Waals surface area contributed by atoms with E-state index in [4.69, 9.17) is 9.47 Å². The smallest absolute Gasteiger partial charge is 0.0867 e. The molecular weight excluding hydrogens is 296 g/mol. The molecule has 0 radical (unpaired) electrons. The lowest BCUT2D eigenvalue weighted by molar-refractivity contribution is -0.0312. The van der Waals surface area contributed by atoms with Gasteiger partial charge in [0, 0.05) is 12.8 Å². The molecule has 4 atom stereocenters. The van der Waals surface area contributed by atoms with E-state index in [1.807, 2.05) is 0 Å². The number of ether oxygens (including phenoxy) is 2. The zero-order valence-electron chi connectivity index (χ0n) is 14.1. The summed E-state index contributed by atoms with van der Waals surface area (Å²) in [5, 5.41) is 0. The van der Waals surface area contributed by atoms with Crippen LogP contribution >= 0.6 is 0 Å². The molecule has 2 aromatic carbocycles. The molecule has 0 aromatic heterocycles. The number of hydrogen-bond acceptors (Lipinski definition) is 2. The third kappa shape index (κ3) is 4.25. The Morgan fingerprint density at radius 1 is 0.625 bits per heavy atom. The van der Waals surface area contributed by atoms with Gasteiger partial charge in [0.05, 0.1) is 24.4 Å². The van der Waals surface area contributed by atoms with E-state index in [9.17, 15) is 0 Å². The summed E-state index contributed by atoms with van der Waals surface area (Å²) < 4.78 is 12.3. The third-order valence-corrected chi connectivity index (χ3v) is 5.26. The van der Waals surface area contributed by atoms with Crippen molar-refractivity contribution in [1.29, 1.82) is 0 Å². The zero-order valence-corrected chi connectivity index (χ0v) is 14.1. The topological polar surface area (TPSA) is 21.8 Å². The molecule has 4 rings (SSSR count). The molecule has 0 bridgehead atoms. The second-order valence-corrected chi connectivity index (χ2v) is 7.11. The maximum absolute atomic E-state index is 6.48. The SMILES string of the molecule is c1ccc(CC[C@@H]2C[C@@H]3O[C@@H]3C[C@H](CCc3ccccc3)O2)cc1. The molecule has 0 saturated carbocycles. The van der Waals surface area contributed by atoms with Crippen LogP contribution in [0.1, 0.15) is 36.8 Å². The standard InChI is InChI=1S/C22H26O2/c1-3-7-17(8-4-1)11-13-19-15-21-22(24-21)16-20(23-19)14-12-18-9-5-2-6-10-18/h1-10,19-22H,11-16H2/t19-,20+,21+,22-. The first-order valence-electron chi connectivity index (χ1n) is 9.25.